The first-order valence-corrected chi connectivity index (χ1v) is 5.84. The standard InChI is InChI=1S/C12H26N2O/c1-7-9-10(8-2)13-12(3,4)11(15)14(5)6/h10,13H,7-9H2,1-6H3. The predicted octanol–water partition coefficient (Wildman–Crippen LogP) is 2.02. The second-order valence-electron chi connectivity index (χ2n) is 4.86. The molecule has 0 spiro atoms. The maximum atomic E-state index is 11.9. The molecule has 0 aromatic heterocycles. The first-order chi connectivity index (χ1) is 6.85. The minimum absolute atomic E-state index is 0.136. The van der Waals surface area contributed by atoms with Crippen molar-refractivity contribution in [2.24, 2.45) is 0 Å². The Morgan fingerprint density at radius 1 is 1.33 bits per heavy atom. The number of amides is 1. The summed E-state index contributed by atoms with van der Waals surface area (Å²) >= 11 is 0. The Hall–Kier alpha value is -0.570. The molecule has 0 fully saturated rings. The van der Waals surface area contributed by atoms with Gasteiger partial charge in [-0.1, -0.05) is 20.3 Å². The van der Waals surface area contributed by atoms with Gasteiger partial charge in [0.15, 0.2) is 0 Å². The van der Waals surface area contributed by atoms with Gasteiger partial charge in [-0.2, -0.15) is 0 Å². The minimum atomic E-state index is -0.459. The summed E-state index contributed by atoms with van der Waals surface area (Å²) in [5.41, 5.74) is -0.459. The Morgan fingerprint density at radius 2 is 1.87 bits per heavy atom. The number of rotatable bonds is 6. The van der Waals surface area contributed by atoms with Crippen molar-refractivity contribution >= 4 is 5.91 Å². The zero-order chi connectivity index (χ0) is 12.1. The smallest absolute Gasteiger partial charge is 0.241 e. The Labute approximate surface area is 94.2 Å². The highest BCUT2D eigenvalue weighted by Crippen LogP contribution is 2.11. The van der Waals surface area contributed by atoms with Crippen molar-refractivity contribution in [2.45, 2.75) is 58.5 Å². The van der Waals surface area contributed by atoms with E-state index in [0.29, 0.717) is 6.04 Å². The van der Waals surface area contributed by atoms with E-state index in [1.807, 2.05) is 13.8 Å². The van der Waals surface area contributed by atoms with Gasteiger partial charge in [0.1, 0.15) is 0 Å². The molecule has 1 N–H and O–H groups in total. The fraction of sp³-hybridized carbons (Fsp3) is 0.917. The molecule has 0 aromatic rings. The second-order valence-corrected chi connectivity index (χ2v) is 4.86. The van der Waals surface area contributed by atoms with Crippen LogP contribution in [0.2, 0.25) is 0 Å². The molecule has 0 bridgehead atoms. The molecule has 0 aliphatic rings. The van der Waals surface area contributed by atoms with Gasteiger partial charge < -0.3 is 10.2 Å². The summed E-state index contributed by atoms with van der Waals surface area (Å²) in [6.07, 6.45) is 3.34. The molecule has 0 radical (unpaired) electrons. The molecule has 1 amide bonds. The third kappa shape index (κ3) is 4.65. The van der Waals surface area contributed by atoms with Crippen LogP contribution in [0.25, 0.3) is 0 Å². The molecule has 90 valence electrons. The van der Waals surface area contributed by atoms with Gasteiger partial charge in [0.05, 0.1) is 5.54 Å². The molecule has 0 aromatic carbocycles. The SMILES string of the molecule is CCCC(CC)NC(C)(C)C(=O)N(C)C. The number of nitrogens with zero attached hydrogens (tertiary/aromatic N) is 1. The van der Waals surface area contributed by atoms with Crippen LogP contribution in [0.5, 0.6) is 0 Å². The van der Waals surface area contributed by atoms with Crippen molar-refractivity contribution in [3.05, 3.63) is 0 Å². The normalized spacial score (nSPS) is 13.7. The summed E-state index contributed by atoms with van der Waals surface area (Å²) in [5, 5.41) is 3.43. The van der Waals surface area contributed by atoms with Crippen LogP contribution < -0.4 is 5.32 Å². The Morgan fingerprint density at radius 3 is 2.20 bits per heavy atom. The van der Waals surface area contributed by atoms with Crippen molar-refractivity contribution in [2.75, 3.05) is 14.1 Å². The molecule has 3 heteroatoms. The van der Waals surface area contributed by atoms with E-state index in [4.69, 9.17) is 0 Å². The lowest BCUT2D eigenvalue weighted by atomic mass is 9.99. The summed E-state index contributed by atoms with van der Waals surface area (Å²) in [6, 6.07) is 0.439. The van der Waals surface area contributed by atoms with Gasteiger partial charge in [-0.3, -0.25) is 4.79 Å². The van der Waals surface area contributed by atoms with Crippen LogP contribution in [0.1, 0.15) is 47.0 Å². The maximum absolute atomic E-state index is 11.9. The minimum Gasteiger partial charge on any atom is -0.347 e. The summed E-state index contributed by atoms with van der Waals surface area (Å²) in [4.78, 5) is 13.5. The van der Waals surface area contributed by atoms with E-state index < -0.39 is 5.54 Å². The van der Waals surface area contributed by atoms with Crippen LogP contribution in [0, 0.1) is 0 Å². The summed E-state index contributed by atoms with van der Waals surface area (Å²) in [5.74, 6) is 0.136. The highest BCUT2D eigenvalue weighted by Gasteiger charge is 2.30. The lowest BCUT2D eigenvalue weighted by molar-refractivity contribution is -0.134. The van der Waals surface area contributed by atoms with Crippen LogP contribution in [-0.4, -0.2) is 36.5 Å². The van der Waals surface area contributed by atoms with Crippen LogP contribution in [-0.2, 0) is 4.79 Å². The number of carbonyl (C=O) groups is 1. The van der Waals surface area contributed by atoms with Crippen molar-refractivity contribution in [3.8, 4) is 0 Å². The lowest BCUT2D eigenvalue weighted by Gasteiger charge is -2.32. The number of hydrogen-bond acceptors (Lipinski definition) is 2. The largest absolute Gasteiger partial charge is 0.347 e. The molecule has 15 heavy (non-hydrogen) atoms. The second kappa shape index (κ2) is 6.11. The average molecular weight is 214 g/mol. The lowest BCUT2D eigenvalue weighted by Crippen LogP contribution is -2.55. The third-order valence-electron chi connectivity index (χ3n) is 2.64. The summed E-state index contributed by atoms with van der Waals surface area (Å²) < 4.78 is 0. The zero-order valence-electron chi connectivity index (χ0n) is 11.1. The molecule has 3 nitrogen and oxygen atoms in total. The number of carbonyl (C=O) groups excluding carboxylic acids is 1. The Balaban J connectivity index is 4.39. The molecular weight excluding hydrogens is 188 g/mol. The molecule has 0 heterocycles. The quantitative estimate of drug-likeness (QED) is 0.733. The number of likely N-dealkylation sites (N-methyl/N-ethyl adjacent to an activating group) is 1. The van der Waals surface area contributed by atoms with Crippen molar-refractivity contribution in [1.29, 1.82) is 0 Å². The van der Waals surface area contributed by atoms with Crippen molar-refractivity contribution < 1.29 is 4.79 Å². The van der Waals surface area contributed by atoms with Gasteiger partial charge in [0.25, 0.3) is 0 Å². The predicted molar refractivity (Wildman–Crippen MR) is 64.9 cm³/mol. The van der Waals surface area contributed by atoms with Crippen LogP contribution in [0.4, 0.5) is 0 Å². The average Bonchev–Trinajstić information content (AvgIpc) is 2.15. The maximum Gasteiger partial charge on any atom is 0.241 e. The van der Waals surface area contributed by atoms with Gasteiger partial charge >= 0.3 is 0 Å². The van der Waals surface area contributed by atoms with E-state index in [1.54, 1.807) is 19.0 Å². The first kappa shape index (κ1) is 14.4. The summed E-state index contributed by atoms with van der Waals surface area (Å²) in [7, 11) is 3.60. The number of hydrogen-bond donors (Lipinski definition) is 1. The zero-order valence-corrected chi connectivity index (χ0v) is 11.1. The fourth-order valence-electron chi connectivity index (χ4n) is 1.86. The van der Waals surface area contributed by atoms with Gasteiger partial charge in [0, 0.05) is 20.1 Å². The van der Waals surface area contributed by atoms with Gasteiger partial charge in [-0.25, -0.2) is 0 Å². The number of nitrogens with one attached hydrogen (secondary N) is 1. The highest BCUT2D eigenvalue weighted by atomic mass is 16.2. The van der Waals surface area contributed by atoms with E-state index in [-0.39, 0.29) is 5.91 Å². The van der Waals surface area contributed by atoms with Crippen molar-refractivity contribution in [1.82, 2.24) is 10.2 Å². The molecule has 0 rings (SSSR count). The first-order valence-electron chi connectivity index (χ1n) is 5.84. The topological polar surface area (TPSA) is 32.3 Å². The van der Waals surface area contributed by atoms with E-state index in [2.05, 4.69) is 19.2 Å². The van der Waals surface area contributed by atoms with E-state index >= 15 is 0 Å². The van der Waals surface area contributed by atoms with Gasteiger partial charge in [-0.15, -0.1) is 0 Å². The Bertz CT molecular complexity index is 200. The van der Waals surface area contributed by atoms with Gasteiger partial charge in [0.2, 0.25) is 5.91 Å². The van der Waals surface area contributed by atoms with E-state index in [0.717, 1.165) is 19.3 Å². The molecule has 1 unspecified atom stereocenters. The molecule has 0 aliphatic carbocycles. The van der Waals surface area contributed by atoms with Crippen LogP contribution in [0.3, 0.4) is 0 Å². The fourth-order valence-corrected chi connectivity index (χ4v) is 1.86. The van der Waals surface area contributed by atoms with Crippen LogP contribution in [0.15, 0.2) is 0 Å². The molecule has 0 saturated carbocycles. The monoisotopic (exact) mass is 214 g/mol. The molecule has 1 atom stereocenters. The van der Waals surface area contributed by atoms with Crippen LogP contribution >= 0.6 is 0 Å². The third-order valence-corrected chi connectivity index (χ3v) is 2.64. The highest BCUT2D eigenvalue weighted by molar-refractivity contribution is 5.85. The molecular formula is C12H26N2O. The van der Waals surface area contributed by atoms with Gasteiger partial charge in [-0.05, 0) is 26.7 Å². The molecule has 0 saturated heterocycles. The Kier molecular flexibility index (Phi) is 5.88. The van der Waals surface area contributed by atoms with E-state index in [1.165, 1.54) is 0 Å². The van der Waals surface area contributed by atoms with Crippen molar-refractivity contribution in [3.63, 3.8) is 0 Å². The van der Waals surface area contributed by atoms with E-state index in [9.17, 15) is 4.79 Å². The molecule has 0 aliphatic heterocycles. The summed E-state index contributed by atoms with van der Waals surface area (Å²) in [6.45, 7) is 8.23.